The van der Waals surface area contributed by atoms with Crippen LogP contribution in [0.25, 0.3) is 0 Å². The van der Waals surface area contributed by atoms with Crippen LogP contribution in [0.5, 0.6) is 17.4 Å². The summed E-state index contributed by atoms with van der Waals surface area (Å²) >= 11 is 3.44. The van der Waals surface area contributed by atoms with E-state index in [1.165, 1.54) is 12.8 Å². The summed E-state index contributed by atoms with van der Waals surface area (Å²) in [5.74, 6) is 1.91. The summed E-state index contributed by atoms with van der Waals surface area (Å²) in [4.78, 5) is 8.63. The Balaban J connectivity index is 1.63. The Bertz CT molecular complexity index is 615. The van der Waals surface area contributed by atoms with Crippen molar-refractivity contribution < 1.29 is 9.47 Å². The Morgan fingerprint density at radius 2 is 2.14 bits per heavy atom. The number of nitrogens with one attached hydrogen (secondary N) is 1. The third-order valence-corrected chi connectivity index (χ3v) is 3.80. The summed E-state index contributed by atoms with van der Waals surface area (Å²) in [5.41, 5.74) is 0.919. The first-order chi connectivity index (χ1) is 10.2. The van der Waals surface area contributed by atoms with Gasteiger partial charge in [0.1, 0.15) is 11.5 Å². The molecule has 1 fully saturated rings. The van der Waals surface area contributed by atoms with Crippen LogP contribution in [0, 0.1) is 0 Å². The van der Waals surface area contributed by atoms with E-state index in [4.69, 9.17) is 9.47 Å². The van der Waals surface area contributed by atoms with E-state index in [0.717, 1.165) is 22.5 Å². The zero-order valence-electron chi connectivity index (χ0n) is 11.7. The molecule has 1 N–H and O–H groups in total. The molecular formula is C15H16BrN3O2. The number of halogens is 1. The van der Waals surface area contributed by atoms with Crippen LogP contribution >= 0.6 is 15.9 Å². The largest absolute Gasteiger partial charge is 0.497 e. The number of methoxy groups -OCH3 is 1. The van der Waals surface area contributed by atoms with Gasteiger partial charge in [0, 0.05) is 12.6 Å². The summed E-state index contributed by atoms with van der Waals surface area (Å²) in [6, 6.07) is 6.17. The molecule has 1 aliphatic rings. The molecule has 1 saturated carbocycles. The van der Waals surface area contributed by atoms with Gasteiger partial charge in [-0.25, -0.2) is 4.98 Å². The van der Waals surface area contributed by atoms with Crippen LogP contribution < -0.4 is 14.8 Å². The van der Waals surface area contributed by atoms with Gasteiger partial charge < -0.3 is 14.8 Å². The fraction of sp³-hybridized carbons (Fsp3) is 0.333. The molecule has 0 amide bonds. The number of hydrogen-bond donors (Lipinski definition) is 1. The summed E-state index contributed by atoms with van der Waals surface area (Å²) in [5, 5.41) is 3.40. The van der Waals surface area contributed by atoms with Crippen molar-refractivity contribution in [2.75, 3.05) is 7.11 Å². The van der Waals surface area contributed by atoms with E-state index >= 15 is 0 Å². The van der Waals surface area contributed by atoms with Gasteiger partial charge in [0.15, 0.2) is 0 Å². The van der Waals surface area contributed by atoms with Gasteiger partial charge >= 0.3 is 0 Å². The Morgan fingerprint density at radius 1 is 1.29 bits per heavy atom. The van der Waals surface area contributed by atoms with Crippen molar-refractivity contribution in [2.45, 2.75) is 25.4 Å². The van der Waals surface area contributed by atoms with Crippen LogP contribution in [0.3, 0.4) is 0 Å². The maximum Gasteiger partial charge on any atom is 0.237 e. The fourth-order valence-electron chi connectivity index (χ4n) is 1.83. The number of aromatic nitrogens is 2. The highest BCUT2D eigenvalue weighted by atomic mass is 79.9. The number of benzene rings is 1. The number of nitrogens with zero attached hydrogens (tertiary/aromatic N) is 2. The zero-order chi connectivity index (χ0) is 14.7. The minimum absolute atomic E-state index is 0.469. The maximum absolute atomic E-state index is 5.71. The smallest absolute Gasteiger partial charge is 0.237 e. The molecule has 110 valence electrons. The molecule has 6 heteroatoms. The summed E-state index contributed by atoms with van der Waals surface area (Å²) in [7, 11) is 1.63. The lowest BCUT2D eigenvalue weighted by atomic mass is 10.3. The van der Waals surface area contributed by atoms with Crippen molar-refractivity contribution >= 4 is 15.9 Å². The molecule has 1 heterocycles. The lowest BCUT2D eigenvalue weighted by Gasteiger charge is -2.08. The van der Waals surface area contributed by atoms with Gasteiger partial charge in [0.05, 0.1) is 29.7 Å². The van der Waals surface area contributed by atoms with E-state index in [1.54, 1.807) is 19.5 Å². The quantitative estimate of drug-likeness (QED) is 0.866. The van der Waals surface area contributed by atoms with Crippen molar-refractivity contribution in [3.8, 4) is 17.4 Å². The molecule has 0 radical (unpaired) electrons. The molecule has 2 aromatic rings. The first kappa shape index (κ1) is 14.3. The monoisotopic (exact) mass is 349 g/mol. The molecule has 0 unspecified atom stereocenters. The average Bonchev–Trinajstić information content (AvgIpc) is 3.33. The number of rotatable bonds is 6. The first-order valence-corrected chi connectivity index (χ1v) is 7.59. The predicted octanol–water partition coefficient (Wildman–Crippen LogP) is 3.29. The third-order valence-electron chi connectivity index (χ3n) is 3.18. The van der Waals surface area contributed by atoms with E-state index in [9.17, 15) is 0 Å². The van der Waals surface area contributed by atoms with Gasteiger partial charge in [0.2, 0.25) is 5.88 Å². The standard InChI is InChI=1S/C15H16BrN3O2/c1-20-12-4-5-14(13(16)6-12)21-15-9-18-11(8-19-15)7-17-10-2-3-10/h4-6,8-10,17H,2-3,7H2,1H3. The van der Waals surface area contributed by atoms with Crippen molar-refractivity contribution in [2.24, 2.45) is 0 Å². The van der Waals surface area contributed by atoms with Crippen molar-refractivity contribution in [3.05, 3.63) is 40.8 Å². The zero-order valence-corrected chi connectivity index (χ0v) is 13.3. The molecule has 21 heavy (non-hydrogen) atoms. The summed E-state index contributed by atoms with van der Waals surface area (Å²) in [6.45, 7) is 0.754. The number of ether oxygens (including phenoxy) is 2. The van der Waals surface area contributed by atoms with Crippen molar-refractivity contribution in [1.29, 1.82) is 0 Å². The molecule has 0 spiro atoms. The topological polar surface area (TPSA) is 56.3 Å². The van der Waals surface area contributed by atoms with Crippen molar-refractivity contribution in [1.82, 2.24) is 15.3 Å². The maximum atomic E-state index is 5.71. The first-order valence-electron chi connectivity index (χ1n) is 6.80. The number of hydrogen-bond acceptors (Lipinski definition) is 5. The second-order valence-electron chi connectivity index (χ2n) is 4.90. The average molecular weight is 350 g/mol. The van der Waals surface area contributed by atoms with Crippen LogP contribution in [0.2, 0.25) is 0 Å². The lowest BCUT2D eigenvalue weighted by Crippen LogP contribution is -2.16. The predicted molar refractivity (Wildman–Crippen MR) is 82.7 cm³/mol. The van der Waals surface area contributed by atoms with Gasteiger partial charge in [-0.15, -0.1) is 0 Å². The van der Waals surface area contributed by atoms with E-state index < -0.39 is 0 Å². The minimum Gasteiger partial charge on any atom is -0.497 e. The Hall–Kier alpha value is -1.66. The van der Waals surface area contributed by atoms with Gasteiger partial charge in [-0.05, 0) is 47.0 Å². The van der Waals surface area contributed by atoms with Crippen LogP contribution in [-0.2, 0) is 6.54 Å². The Kier molecular flexibility index (Phi) is 4.36. The van der Waals surface area contributed by atoms with E-state index in [1.807, 2.05) is 18.2 Å². The highest BCUT2D eigenvalue weighted by Crippen LogP contribution is 2.31. The molecule has 0 bridgehead atoms. The van der Waals surface area contributed by atoms with Crippen LogP contribution in [0.4, 0.5) is 0 Å². The summed E-state index contributed by atoms with van der Waals surface area (Å²) in [6.07, 6.45) is 5.91. The lowest BCUT2D eigenvalue weighted by molar-refractivity contribution is 0.411. The van der Waals surface area contributed by atoms with Crippen LogP contribution in [0.15, 0.2) is 35.1 Å². The molecular weight excluding hydrogens is 334 g/mol. The second-order valence-corrected chi connectivity index (χ2v) is 5.75. The van der Waals surface area contributed by atoms with Gasteiger partial charge in [-0.3, -0.25) is 4.98 Å². The third kappa shape index (κ3) is 3.92. The Morgan fingerprint density at radius 3 is 2.76 bits per heavy atom. The minimum atomic E-state index is 0.469. The molecule has 0 aliphatic heterocycles. The van der Waals surface area contributed by atoms with Gasteiger partial charge in [0.25, 0.3) is 0 Å². The Labute approximate surface area is 131 Å². The molecule has 1 aliphatic carbocycles. The van der Waals surface area contributed by atoms with Crippen LogP contribution in [0.1, 0.15) is 18.5 Å². The fourth-order valence-corrected chi connectivity index (χ4v) is 2.27. The highest BCUT2D eigenvalue weighted by molar-refractivity contribution is 9.10. The van der Waals surface area contributed by atoms with Gasteiger partial charge in [-0.1, -0.05) is 0 Å². The highest BCUT2D eigenvalue weighted by Gasteiger charge is 2.20. The molecule has 5 nitrogen and oxygen atoms in total. The second kappa shape index (κ2) is 6.41. The SMILES string of the molecule is COc1ccc(Oc2cnc(CNC3CC3)cn2)c(Br)c1. The van der Waals surface area contributed by atoms with Crippen LogP contribution in [-0.4, -0.2) is 23.1 Å². The summed E-state index contributed by atoms with van der Waals surface area (Å²) < 4.78 is 11.7. The van der Waals surface area contributed by atoms with Crippen molar-refractivity contribution in [3.63, 3.8) is 0 Å². The molecule has 3 rings (SSSR count). The normalized spacial score (nSPS) is 14.0. The van der Waals surface area contributed by atoms with E-state index in [-0.39, 0.29) is 0 Å². The van der Waals surface area contributed by atoms with E-state index in [2.05, 4.69) is 31.2 Å². The molecule has 0 atom stereocenters. The molecule has 1 aromatic carbocycles. The van der Waals surface area contributed by atoms with Gasteiger partial charge in [-0.2, -0.15) is 0 Å². The van der Waals surface area contributed by atoms with E-state index in [0.29, 0.717) is 17.7 Å². The molecule has 0 saturated heterocycles. The molecule has 1 aromatic heterocycles.